The average Bonchev–Trinajstić information content (AvgIpc) is 3.10. The summed E-state index contributed by atoms with van der Waals surface area (Å²) >= 11 is 1.73. The Hall–Kier alpha value is -0.650. The molecular weight excluding hydrogens is 246 g/mol. The molecule has 4 nitrogen and oxygen atoms in total. The highest BCUT2D eigenvalue weighted by Crippen LogP contribution is 2.32. The quantitative estimate of drug-likeness (QED) is 0.783. The Morgan fingerprint density at radius 2 is 2.22 bits per heavy atom. The van der Waals surface area contributed by atoms with Crippen LogP contribution in [0.15, 0.2) is 5.38 Å². The lowest BCUT2D eigenvalue weighted by Gasteiger charge is -2.19. The number of rotatable bonds is 8. The molecule has 2 rings (SSSR count). The summed E-state index contributed by atoms with van der Waals surface area (Å²) in [5.41, 5.74) is 1.13. The summed E-state index contributed by atoms with van der Waals surface area (Å²) in [5, 5.41) is 12.3. The molecule has 1 aliphatic carbocycles. The minimum absolute atomic E-state index is 0.221. The van der Waals surface area contributed by atoms with Crippen LogP contribution in [0.4, 0.5) is 5.13 Å². The third-order valence-corrected chi connectivity index (χ3v) is 4.26. The van der Waals surface area contributed by atoms with Gasteiger partial charge in [-0.25, -0.2) is 4.98 Å². The van der Waals surface area contributed by atoms with Crippen LogP contribution in [0.2, 0.25) is 0 Å². The molecule has 0 radical (unpaired) electrons. The highest BCUT2D eigenvalue weighted by molar-refractivity contribution is 7.13. The van der Waals surface area contributed by atoms with Gasteiger partial charge in [0.05, 0.1) is 12.3 Å². The monoisotopic (exact) mass is 269 g/mol. The summed E-state index contributed by atoms with van der Waals surface area (Å²) in [6.07, 6.45) is 3.72. The summed E-state index contributed by atoms with van der Waals surface area (Å²) in [7, 11) is 2.14. The molecule has 5 heteroatoms. The van der Waals surface area contributed by atoms with Gasteiger partial charge in [-0.05, 0) is 25.8 Å². The van der Waals surface area contributed by atoms with Gasteiger partial charge in [-0.1, -0.05) is 6.92 Å². The van der Waals surface area contributed by atoms with Crippen LogP contribution in [0.1, 0.15) is 31.9 Å². The summed E-state index contributed by atoms with van der Waals surface area (Å²) < 4.78 is 0. The zero-order valence-corrected chi connectivity index (χ0v) is 12.1. The molecular formula is C13H23N3OS. The molecule has 0 aromatic carbocycles. The van der Waals surface area contributed by atoms with Crippen molar-refractivity contribution in [2.75, 3.05) is 31.6 Å². The molecule has 1 N–H and O–H groups in total. The first-order chi connectivity index (χ1) is 8.74. The minimum Gasteiger partial charge on any atom is -0.395 e. The van der Waals surface area contributed by atoms with Gasteiger partial charge in [0.2, 0.25) is 0 Å². The molecule has 0 atom stereocenters. The van der Waals surface area contributed by atoms with Gasteiger partial charge in [-0.15, -0.1) is 11.3 Å². The first-order valence-electron chi connectivity index (χ1n) is 6.75. The van der Waals surface area contributed by atoms with E-state index in [2.05, 4.69) is 29.2 Å². The second kappa shape index (κ2) is 6.50. The Labute approximate surface area is 113 Å². The lowest BCUT2D eigenvalue weighted by atomic mass is 10.3. The zero-order valence-electron chi connectivity index (χ0n) is 11.3. The highest BCUT2D eigenvalue weighted by Gasteiger charge is 2.28. The largest absolute Gasteiger partial charge is 0.395 e. The van der Waals surface area contributed by atoms with Crippen LogP contribution in [0.3, 0.4) is 0 Å². The molecule has 0 bridgehead atoms. The Balaban J connectivity index is 1.91. The Morgan fingerprint density at radius 1 is 1.44 bits per heavy atom. The van der Waals surface area contributed by atoms with E-state index >= 15 is 0 Å². The molecule has 1 heterocycles. The Morgan fingerprint density at radius 3 is 2.83 bits per heavy atom. The molecule has 102 valence electrons. The topological polar surface area (TPSA) is 39.6 Å². The maximum Gasteiger partial charge on any atom is 0.185 e. The van der Waals surface area contributed by atoms with Crippen molar-refractivity contribution >= 4 is 16.5 Å². The van der Waals surface area contributed by atoms with Crippen LogP contribution in [-0.2, 0) is 6.54 Å². The van der Waals surface area contributed by atoms with E-state index in [0.29, 0.717) is 6.04 Å². The Kier molecular flexibility index (Phi) is 4.97. The average molecular weight is 269 g/mol. The van der Waals surface area contributed by atoms with Gasteiger partial charge >= 0.3 is 0 Å². The number of hydrogen-bond acceptors (Lipinski definition) is 5. The first-order valence-corrected chi connectivity index (χ1v) is 7.63. The van der Waals surface area contributed by atoms with Gasteiger partial charge < -0.3 is 10.0 Å². The van der Waals surface area contributed by atoms with Gasteiger partial charge in [0, 0.05) is 31.6 Å². The van der Waals surface area contributed by atoms with Crippen molar-refractivity contribution in [1.29, 1.82) is 0 Å². The molecule has 0 saturated heterocycles. The lowest BCUT2D eigenvalue weighted by Crippen LogP contribution is -2.27. The fourth-order valence-corrected chi connectivity index (χ4v) is 2.96. The van der Waals surface area contributed by atoms with Crippen LogP contribution >= 0.6 is 11.3 Å². The van der Waals surface area contributed by atoms with E-state index in [-0.39, 0.29) is 6.61 Å². The number of anilines is 1. The van der Waals surface area contributed by atoms with Gasteiger partial charge in [0.15, 0.2) is 5.13 Å². The molecule has 0 spiro atoms. The predicted octanol–water partition coefficient (Wildman–Crippen LogP) is 1.95. The Bertz CT molecular complexity index is 359. The van der Waals surface area contributed by atoms with Crippen molar-refractivity contribution in [3.8, 4) is 0 Å². The fourth-order valence-electron chi connectivity index (χ4n) is 2.11. The van der Waals surface area contributed by atoms with Crippen LogP contribution in [0.25, 0.3) is 0 Å². The van der Waals surface area contributed by atoms with Gasteiger partial charge in [-0.2, -0.15) is 0 Å². The van der Waals surface area contributed by atoms with Crippen molar-refractivity contribution in [3.63, 3.8) is 0 Å². The molecule has 0 aliphatic heterocycles. The van der Waals surface area contributed by atoms with E-state index in [0.717, 1.165) is 36.9 Å². The second-order valence-electron chi connectivity index (χ2n) is 4.96. The number of nitrogens with zero attached hydrogens (tertiary/aromatic N) is 3. The number of hydrogen-bond donors (Lipinski definition) is 1. The second-order valence-corrected chi connectivity index (χ2v) is 5.80. The van der Waals surface area contributed by atoms with E-state index in [1.165, 1.54) is 12.8 Å². The zero-order chi connectivity index (χ0) is 13.0. The van der Waals surface area contributed by atoms with E-state index in [1.54, 1.807) is 11.3 Å². The maximum absolute atomic E-state index is 9.05. The smallest absolute Gasteiger partial charge is 0.185 e. The van der Waals surface area contributed by atoms with Crippen molar-refractivity contribution in [2.45, 2.75) is 38.8 Å². The molecule has 18 heavy (non-hydrogen) atoms. The van der Waals surface area contributed by atoms with Crippen LogP contribution < -0.4 is 4.90 Å². The molecule has 1 aliphatic rings. The molecule has 1 aromatic rings. The van der Waals surface area contributed by atoms with E-state index in [1.807, 2.05) is 0 Å². The van der Waals surface area contributed by atoms with Gasteiger partial charge in [0.1, 0.15) is 0 Å². The molecule has 1 saturated carbocycles. The van der Waals surface area contributed by atoms with Crippen LogP contribution in [0.5, 0.6) is 0 Å². The summed E-state index contributed by atoms with van der Waals surface area (Å²) in [6.45, 7) is 4.99. The molecule has 0 unspecified atom stereocenters. The van der Waals surface area contributed by atoms with E-state index in [4.69, 9.17) is 10.1 Å². The number of aliphatic hydroxyl groups excluding tert-OH is 1. The summed E-state index contributed by atoms with van der Waals surface area (Å²) in [6, 6.07) is 0.716. The van der Waals surface area contributed by atoms with Gasteiger partial charge in [0.25, 0.3) is 0 Å². The normalized spacial score (nSPS) is 15.3. The van der Waals surface area contributed by atoms with Crippen LogP contribution in [-0.4, -0.2) is 47.8 Å². The number of aromatic nitrogens is 1. The summed E-state index contributed by atoms with van der Waals surface area (Å²) in [5.74, 6) is 0. The van der Waals surface area contributed by atoms with Crippen molar-refractivity contribution in [1.82, 2.24) is 9.88 Å². The molecule has 0 amide bonds. The minimum atomic E-state index is 0.221. The highest BCUT2D eigenvalue weighted by atomic mass is 32.1. The number of thiazole rings is 1. The fraction of sp³-hybridized carbons (Fsp3) is 0.769. The van der Waals surface area contributed by atoms with Crippen molar-refractivity contribution < 1.29 is 5.11 Å². The van der Waals surface area contributed by atoms with Crippen LogP contribution in [0, 0.1) is 0 Å². The standard InChI is InChI=1S/C13H23N3OS/c1-3-6-16(7-8-17)9-11-10-18-13(14-11)15(2)12-4-5-12/h10,12,17H,3-9H2,1-2H3. The third-order valence-electron chi connectivity index (χ3n) is 3.28. The van der Waals surface area contributed by atoms with Gasteiger partial charge in [-0.3, -0.25) is 4.90 Å². The van der Waals surface area contributed by atoms with Crippen molar-refractivity contribution in [3.05, 3.63) is 11.1 Å². The molecule has 1 fully saturated rings. The molecule has 1 aromatic heterocycles. The summed E-state index contributed by atoms with van der Waals surface area (Å²) in [4.78, 5) is 9.25. The van der Waals surface area contributed by atoms with E-state index in [9.17, 15) is 0 Å². The third kappa shape index (κ3) is 3.67. The predicted molar refractivity (Wildman–Crippen MR) is 76.2 cm³/mol. The number of aliphatic hydroxyl groups is 1. The lowest BCUT2D eigenvalue weighted by molar-refractivity contribution is 0.189. The van der Waals surface area contributed by atoms with E-state index < -0.39 is 0 Å². The SMILES string of the molecule is CCCN(CCO)Cc1csc(N(C)C2CC2)n1. The first kappa shape index (κ1) is 13.8. The maximum atomic E-state index is 9.05. The van der Waals surface area contributed by atoms with Crippen molar-refractivity contribution in [2.24, 2.45) is 0 Å².